The zero-order chi connectivity index (χ0) is 15.2. The normalized spacial score (nSPS) is 19.4. The lowest BCUT2D eigenvalue weighted by atomic mass is 10.1. The van der Waals surface area contributed by atoms with Crippen molar-refractivity contribution in [3.8, 4) is 0 Å². The van der Waals surface area contributed by atoms with Crippen LogP contribution in [-0.2, 0) is 10.0 Å². The molecule has 0 spiro atoms. The second-order valence-electron chi connectivity index (χ2n) is 6.48. The summed E-state index contributed by atoms with van der Waals surface area (Å²) in [4.78, 5) is 2.35. The first-order valence-electron chi connectivity index (χ1n) is 7.71. The van der Waals surface area contributed by atoms with Gasteiger partial charge in [0.1, 0.15) is 0 Å². The van der Waals surface area contributed by atoms with Crippen molar-refractivity contribution in [1.29, 1.82) is 0 Å². The molecule has 0 amide bonds. The van der Waals surface area contributed by atoms with Crippen LogP contribution in [0.1, 0.15) is 40.5 Å². The van der Waals surface area contributed by atoms with Crippen molar-refractivity contribution < 1.29 is 8.42 Å². The van der Waals surface area contributed by atoms with Crippen LogP contribution in [0.2, 0.25) is 0 Å². The summed E-state index contributed by atoms with van der Waals surface area (Å²) in [6.45, 7) is 13.3. The number of hydrogen-bond acceptors (Lipinski definition) is 4. The minimum absolute atomic E-state index is 0.125. The average molecular weight is 305 g/mol. The average Bonchev–Trinajstić information content (AvgIpc) is 2.37. The van der Waals surface area contributed by atoms with Crippen LogP contribution in [-0.4, -0.2) is 68.2 Å². The molecule has 0 radical (unpaired) electrons. The van der Waals surface area contributed by atoms with Gasteiger partial charge in [-0.1, -0.05) is 6.92 Å². The lowest BCUT2D eigenvalue weighted by Crippen LogP contribution is -2.54. The molecule has 20 heavy (non-hydrogen) atoms. The highest BCUT2D eigenvalue weighted by molar-refractivity contribution is 7.89. The molecule has 1 rings (SSSR count). The molecule has 0 bridgehead atoms. The second-order valence-corrected chi connectivity index (χ2v) is 8.56. The van der Waals surface area contributed by atoms with E-state index in [1.807, 2.05) is 0 Å². The van der Waals surface area contributed by atoms with E-state index in [2.05, 4.69) is 37.9 Å². The van der Waals surface area contributed by atoms with Gasteiger partial charge in [-0.05, 0) is 46.7 Å². The molecule has 0 unspecified atom stereocenters. The zero-order valence-corrected chi connectivity index (χ0v) is 14.3. The van der Waals surface area contributed by atoms with E-state index in [9.17, 15) is 8.42 Å². The maximum Gasteiger partial charge on any atom is 0.214 e. The lowest BCUT2D eigenvalue weighted by molar-refractivity contribution is 0.0922. The summed E-state index contributed by atoms with van der Waals surface area (Å²) >= 11 is 0. The van der Waals surface area contributed by atoms with Crippen molar-refractivity contribution in [3.63, 3.8) is 0 Å². The van der Waals surface area contributed by atoms with Crippen LogP contribution in [0.5, 0.6) is 0 Å². The molecule has 5 nitrogen and oxygen atoms in total. The Hall–Kier alpha value is -0.170. The molecule has 120 valence electrons. The Morgan fingerprint density at radius 2 is 1.65 bits per heavy atom. The van der Waals surface area contributed by atoms with Crippen LogP contribution < -0.4 is 5.32 Å². The van der Waals surface area contributed by atoms with E-state index in [1.54, 1.807) is 4.31 Å². The van der Waals surface area contributed by atoms with Gasteiger partial charge >= 0.3 is 0 Å². The van der Waals surface area contributed by atoms with E-state index >= 15 is 0 Å². The topological polar surface area (TPSA) is 52.7 Å². The fraction of sp³-hybridized carbons (Fsp3) is 1.00. The third kappa shape index (κ3) is 5.68. The molecule has 0 aromatic rings. The summed E-state index contributed by atoms with van der Waals surface area (Å²) < 4.78 is 26.2. The Morgan fingerprint density at radius 3 is 2.15 bits per heavy atom. The van der Waals surface area contributed by atoms with Gasteiger partial charge in [0.05, 0.1) is 5.75 Å². The van der Waals surface area contributed by atoms with E-state index in [0.29, 0.717) is 19.5 Å². The molecule has 1 saturated heterocycles. The summed E-state index contributed by atoms with van der Waals surface area (Å²) in [5, 5.41) is 3.25. The first-order chi connectivity index (χ1) is 9.27. The van der Waals surface area contributed by atoms with Gasteiger partial charge in [0, 0.05) is 31.7 Å². The van der Waals surface area contributed by atoms with E-state index in [0.717, 1.165) is 32.6 Å². The van der Waals surface area contributed by atoms with E-state index < -0.39 is 10.0 Å². The second kappa shape index (κ2) is 7.73. The molecule has 1 aliphatic heterocycles. The highest BCUT2D eigenvalue weighted by Crippen LogP contribution is 2.17. The van der Waals surface area contributed by atoms with Gasteiger partial charge in [0.25, 0.3) is 0 Å². The van der Waals surface area contributed by atoms with Crippen LogP contribution in [0.15, 0.2) is 0 Å². The Bertz CT molecular complexity index is 368. The molecule has 0 saturated carbocycles. The maximum absolute atomic E-state index is 12.3. The van der Waals surface area contributed by atoms with Crippen molar-refractivity contribution in [3.05, 3.63) is 0 Å². The van der Waals surface area contributed by atoms with E-state index in [1.165, 1.54) is 0 Å². The highest BCUT2D eigenvalue weighted by Gasteiger charge is 2.30. The zero-order valence-electron chi connectivity index (χ0n) is 13.5. The molecule has 0 atom stereocenters. The molecular weight excluding hydrogens is 274 g/mol. The van der Waals surface area contributed by atoms with Crippen LogP contribution in [0.4, 0.5) is 0 Å². The summed E-state index contributed by atoms with van der Waals surface area (Å²) in [6.07, 6.45) is 1.78. The molecule has 1 N–H and O–H groups in total. The summed E-state index contributed by atoms with van der Waals surface area (Å²) in [6, 6.07) is 0. The number of sulfonamides is 1. The first kappa shape index (κ1) is 17.9. The number of nitrogens with zero attached hydrogens (tertiary/aromatic N) is 2. The number of rotatable bonds is 7. The van der Waals surface area contributed by atoms with Gasteiger partial charge in [-0.15, -0.1) is 0 Å². The van der Waals surface area contributed by atoms with Crippen molar-refractivity contribution in [2.45, 2.75) is 46.1 Å². The number of piperazine rings is 1. The third-order valence-corrected chi connectivity index (χ3v) is 5.72. The summed E-state index contributed by atoms with van der Waals surface area (Å²) in [5.74, 6) is 0.263. The Balaban J connectivity index is 2.35. The predicted octanol–water partition coefficient (Wildman–Crippen LogP) is 1.12. The number of hydrogen-bond donors (Lipinski definition) is 1. The maximum atomic E-state index is 12.3. The molecule has 1 heterocycles. The minimum atomic E-state index is -3.07. The van der Waals surface area contributed by atoms with Crippen molar-refractivity contribution in [2.24, 2.45) is 0 Å². The van der Waals surface area contributed by atoms with Gasteiger partial charge in [-0.3, -0.25) is 4.90 Å². The fourth-order valence-electron chi connectivity index (χ4n) is 2.45. The Morgan fingerprint density at radius 1 is 1.05 bits per heavy atom. The van der Waals surface area contributed by atoms with Gasteiger partial charge in [-0.2, -0.15) is 4.31 Å². The quantitative estimate of drug-likeness (QED) is 0.716. The van der Waals surface area contributed by atoms with Gasteiger partial charge in [-0.25, -0.2) is 8.42 Å². The van der Waals surface area contributed by atoms with Gasteiger partial charge < -0.3 is 5.32 Å². The molecule has 0 aromatic carbocycles. The Kier molecular flexibility index (Phi) is 6.91. The van der Waals surface area contributed by atoms with Crippen molar-refractivity contribution >= 4 is 10.0 Å². The monoisotopic (exact) mass is 305 g/mol. The molecule has 1 aliphatic rings. The number of nitrogens with one attached hydrogen (secondary N) is 1. The largest absolute Gasteiger partial charge is 0.317 e. The van der Waals surface area contributed by atoms with E-state index in [4.69, 9.17) is 0 Å². The van der Waals surface area contributed by atoms with Gasteiger partial charge in [0.15, 0.2) is 0 Å². The van der Waals surface area contributed by atoms with Crippen molar-refractivity contribution in [2.75, 3.05) is 45.0 Å². The summed E-state index contributed by atoms with van der Waals surface area (Å²) in [7, 11) is -3.07. The van der Waals surface area contributed by atoms with Crippen LogP contribution in [0.25, 0.3) is 0 Å². The summed E-state index contributed by atoms with van der Waals surface area (Å²) in [5.41, 5.74) is 0.125. The standard InChI is InChI=1S/C14H31N3O2S/c1-5-7-15-8-6-13-20(18,19)17-11-9-16(10-12-17)14(2,3)4/h15H,5-13H2,1-4H3. The van der Waals surface area contributed by atoms with Crippen LogP contribution >= 0.6 is 0 Å². The Labute approximate surface area is 124 Å². The molecule has 0 aliphatic carbocycles. The molecule has 6 heteroatoms. The molecular formula is C14H31N3O2S. The first-order valence-corrected chi connectivity index (χ1v) is 9.32. The SMILES string of the molecule is CCCNCCCS(=O)(=O)N1CCN(C(C)(C)C)CC1. The molecule has 0 aromatic heterocycles. The lowest BCUT2D eigenvalue weighted by Gasteiger charge is -2.41. The van der Waals surface area contributed by atoms with Gasteiger partial charge in [0.2, 0.25) is 10.0 Å². The predicted molar refractivity (Wildman–Crippen MR) is 84.5 cm³/mol. The van der Waals surface area contributed by atoms with Crippen molar-refractivity contribution in [1.82, 2.24) is 14.5 Å². The minimum Gasteiger partial charge on any atom is -0.317 e. The van der Waals surface area contributed by atoms with E-state index in [-0.39, 0.29) is 11.3 Å². The van der Waals surface area contributed by atoms with Crippen LogP contribution in [0, 0.1) is 0 Å². The highest BCUT2D eigenvalue weighted by atomic mass is 32.2. The fourth-order valence-corrected chi connectivity index (χ4v) is 3.93. The van der Waals surface area contributed by atoms with Crippen LogP contribution in [0.3, 0.4) is 0 Å². The third-order valence-electron chi connectivity index (χ3n) is 3.76. The smallest absolute Gasteiger partial charge is 0.214 e. The molecule has 1 fully saturated rings.